The Morgan fingerprint density at radius 3 is 2.50 bits per heavy atom. The van der Waals surface area contributed by atoms with Crippen LogP contribution in [-0.4, -0.2) is 28.6 Å². The van der Waals surface area contributed by atoms with Crippen LogP contribution in [0.2, 0.25) is 10.0 Å². The highest BCUT2D eigenvalue weighted by atomic mass is 35.5. The summed E-state index contributed by atoms with van der Waals surface area (Å²) in [7, 11) is 2.03. The van der Waals surface area contributed by atoms with Crippen LogP contribution in [0.4, 0.5) is 0 Å². The molecule has 1 aromatic heterocycles. The molecule has 0 aliphatic heterocycles. The van der Waals surface area contributed by atoms with Crippen LogP contribution in [0.25, 0.3) is 0 Å². The predicted octanol–water partition coefficient (Wildman–Crippen LogP) is 3.77. The maximum absolute atomic E-state index is 9.47. The zero-order valence-corrected chi connectivity index (χ0v) is 12.7. The minimum absolute atomic E-state index is 0.0138. The Hall–Kier alpha value is -1.29. The van der Waals surface area contributed by atoms with Crippen molar-refractivity contribution in [3.05, 3.63) is 57.8 Å². The number of aromatic hydroxyl groups is 1. The van der Waals surface area contributed by atoms with Gasteiger partial charge in [-0.05, 0) is 42.8 Å². The molecule has 1 N–H and O–H groups in total. The molecule has 2 rings (SSSR count). The molecule has 20 heavy (non-hydrogen) atoms. The average molecular weight is 311 g/mol. The van der Waals surface area contributed by atoms with E-state index in [0.717, 1.165) is 18.5 Å². The van der Waals surface area contributed by atoms with E-state index in [1.54, 1.807) is 24.5 Å². The van der Waals surface area contributed by atoms with Crippen LogP contribution >= 0.6 is 23.2 Å². The van der Waals surface area contributed by atoms with E-state index in [1.807, 2.05) is 19.2 Å². The maximum Gasteiger partial charge on any atom is 0.135 e. The van der Waals surface area contributed by atoms with Crippen molar-refractivity contribution in [1.29, 1.82) is 0 Å². The minimum atomic E-state index is 0.0138. The molecule has 0 amide bonds. The lowest BCUT2D eigenvalue weighted by molar-refractivity contribution is 0.331. The summed E-state index contributed by atoms with van der Waals surface area (Å²) in [5.41, 5.74) is 2.16. The Labute approximate surface area is 128 Å². The highest BCUT2D eigenvalue weighted by molar-refractivity contribution is 6.43. The van der Waals surface area contributed by atoms with Gasteiger partial charge in [0.05, 0.1) is 5.02 Å². The number of aromatic nitrogens is 1. The predicted molar refractivity (Wildman–Crippen MR) is 82.4 cm³/mol. The molecule has 0 aliphatic rings. The number of likely N-dealkylation sites (N-methyl/N-ethyl adjacent to an activating group) is 1. The van der Waals surface area contributed by atoms with Gasteiger partial charge in [-0.3, -0.25) is 4.98 Å². The molecule has 0 spiro atoms. The quantitative estimate of drug-likeness (QED) is 0.913. The molecule has 0 radical (unpaired) electrons. The molecular weight excluding hydrogens is 295 g/mol. The van der Waals surface area contributed by atoms with E-state index in [4.69, 9.17) is 23.2 Å². The Morgan fingerprint density at radius 1 is 1.10 bits per heavy atom. The van der Waals surface area contributed by atoms with Gasteiger partial charge in [-0.25, -0.2) is 0 Å². The zero-order chi connectivity index (χ0) is 14.5. The summed E-state index contributed by atoms with van der Waals surface area (Å²) in [4.78, 5) is 6.16. The molecule has 0 atom stereocenters. The average Bonchev–Trinajstić information content (AvgIpc) is 2.47. The summed E-state index contributed by atoms with van der Waals surface area (Å²) in [6, 6.07) is 7.39. The standard InChI is InChI=1S/C15H16Cl2N2O/c1-19(9-6-11-4-7-18-8-5-11)10-12-2-3-13(20)15(17)14(12)16/h2-5,7-8,20H,6,9-10H2,1H3. The molecule has 1 heterocycles. The van der Waals surface area contributed by atoms with E-state index in [2.05, 4.69) is 9.88 Å². The van der Waals surface area contributed by atoms with Crippen molar-refractivity contribution >= 4 is 23.2 Å². The molecule has 5 heteroatoms. The number of nitrogens with zero attached hydrogens (tertiary/aromatic N) is 2. The molecule has 0 bridgehead atoms. The summed E-state index contributed by atoms with van der Waals surface area (Å²) >= 11 is 12.1. The van der Waals surface area contributed by atoms with Gasteiger partial charge in [0.25, 0.3) is 0 Å². The topological polar surface area (TPSA) is 36.4 Å². The van der Waals surface area contributed by atoms with Crippen LogP contribution in [0.1, 0.15) is 11.1 Å². The first-order valence-electron chi connectivity index (χ1n) is 6.31. The third-order valence-electron chi connectivity index (χ3n) is 3.11. The third kappa shape index (κ3) is 3.85. The summed E-state index contributed by atoms with van der Waals surface area (Å²) in [5.74, 6) is 0.0138. The van der Waals surface area contributed by atoms with Crippen LogP contribution < -0.4 is 0 Å². The van der Waals surface area contributed by atoms with Crippen molar-refractivity contribution in [2.24, 2.45) is 0 Å². The molecule has 2 aromatic rings. The molecule has 0 unspecified atom stereocenters. The van der Waals surface area contributed by atoms with Gasteiger partial charge >= 0.3 is 0 Å². The SMILES string of the molecule is CN(CCc1ccncc1)Cc1ccc(O)c(Cl)c1Cl. The van der Waals surface area contributed by atoms with E-state index in [9.17, 15) is 5.11 Å². The first kappa shape index (κ1) is 15.1. The van der Waals surface area contributed by atoms with Crippen LogP contribution in [0.3, 0.4) is 0 Å². The van der Waals surface area contributed by atoms with Crippen molar-refractivity contribution in [2.75, 3.05) is 13.6 Å². The lowest BCUT2D eigenvalue weighted by Crippen LogP contribution is -2.21. The van der Waals surface area contributed by atoms with E-state index < -0.39 is 0 Å². The highest BCUT2D eigenvalue weighted by Crippen LogP contribution is 2.34. The number of hydrogen-bond acceptors (Lipinski definition) is 3. The van der Waals surface area contributed by atoms with Gasteiger partial charge < -0.3 is 10.0 Å². The second kappa shape index (κ2) is 6.93. The third-order valence-corrected chi connectivity index (χ3v) is 4.02. The van der Waals surface area contributed by atoms with Gasteiger partial charge in [0, 0.05) is 25.5 Å². The van der Waals surface area contributed by atoms with E-state index in [0.29, 0.717) is 11.6 Å². The fourth-order valence-electron chi connectivity index (χ4n) is 1.94. The molecule has 0 fully saturated rings. The summed E-state index contributed by atoms with van der Waals surface area (Å²) in [6.07, 6.45) is 4.54. The molecule has 0 saturated carbocycles. The molecule has 0 saturated heterocycles. The van der Waals surface area contributed by atoms with Gasteiger partial charge in [0.15, 0.2) is 0 Å². The fourth-order valence-corrected chi connectivity index (χ4v) is 2.34. The van der Waals surface area contributed by atoms with Crippen molar-refractivity contribution in [3.8, 4) is 5.75 Å². The zero-order valence-electron chi connectivity index (χ0n) is 11.2. The molecule has 106 valence electrons. The Kier molecular flexibility index (Phi) is 5.24. The van der Waals surface area contributed by atoms with Gasteiger partial charge in [-0.1, -0.05) is 29.3 Å². The number of hydrogen-bond donors (Lipinski definition) is 1. The normalized spacial score (nSPS) is 11.0. The van der Waals surface area contributed by atoms with Crippen LogP contribution in [0.5, 0.6) is 5.75 Å². The molecular formula is C15H16Cl2N2O. The fraction of sp³-hybridized carbons (Fsp3) is 0.267. The Bertz CT molecular complexity index is 576. The summed E-state index contributed by atoms with van der Waals surface area (Å²) in [5, 5.41) is 10.1. The van der Waals surface area contributed by atoms with Gasteiger partial charge in [0.1, 0.15) is 10.8 Å². The number of rotatable bonds is 5. The molecule has 3 nitrogen and oxygen atoms in total. The van der Waals surface area contributed by atoms with Crippen LogP contribution in [0, 0.1) is 0 Å². The Morgan fingerprint density at radius 2 is 1.80 bits per heavy atom. The second-order valence-electron chi connectivity index (χ2n) is 4.72. The number of benzene rings is 1. The second-order valence-corrected chi connectivity index (χ2v) is 5.47. The van der Waals surface area contributed by atoms with Crippen LogP contribution in [0.15, 0.2) is 36.7 Å². The van der Waals surface area contributed by atoms with Crippen molar-refractivity contribution in [2.45, 2.75) is 13.0 Å². The first-order valence-corrected chi connectivity index (χ1v) is 7.07. The lowest BCUT2D eigenvalue weighted by Gasteiger charge is -2.18. The van der Waals surface area contributed by atoms with Gasteiger partial charge in [-0.2, -0.15) is 0 Å². The van der Waals surface area contributed by atoms with E-state index >= 15 is 0 Å². The van der Waals surface area contributed by atoms with Crippen molar-refractivity contribution in [1.82, 2.24) is 9.88 Å². The number of pyridine rings is 1. The maximum atomic E-state index is 9.47. The molecule has 1 aromatic carbocycles. The summed E-state index contributed by atoms with van der Waals surface area (Å²) in [6.45, 7) is 1.59. The number of halogens is 2. The van der Waals surface area contributed by atoms with Gasteiger partial charge in [0.2, 0.25) is 0 Å². The van der Waals surface area contributed by atoms with E-state index in [1.165, 1.54) is 5.56 Å². The number of phenols is 1. The van der Waals surface area contributed by atoms with Crippen molar-refractivity contribution in [3.63, 3.8) is 0 Å². The first-order chi connectivity index (χ1) is 9.58. The Balaban J connectivity index is 1.95. The van der Waals surface area contributed by atoms with E-state index in [-0.39, 0.29) is 10.8 Å². The highest BCUT2D eigenvalue weighted by Gasteiger charge is 2.11. The minimum Gasteiger partial charge on any atom is -0.506 e. The lowest BCUT2D eigenvalue weighted by atomic mass is 10.1. The number of phenolic OH excluding ortho intramolecular Hbond substituents is 1. The van der Waals surface area contributed by atoms with Gasteiger partial charge in [-0.15, -0.1) is 0 Å². The molecule has 0 aliphatic carbocycles. The monoisotopic (exact) mass is 310 g/mol. The van der Waals surface area contributed by atoms with Crippen LogP contribution in [-0.2, 0) is 13.0 Å². The summed E-state index contributed by atoms with van der Waals surface area (Å²) < 4.78 is 0. The van der Waals surface area contributed by atoms with Crippen molar-refractivity contribution < 1.29 is 5.11 Å². The largest absolute Gasteiger partial charge is 0.506 e. The smallest absolute Gasteiger partial charge is 0.135 e.